The van der Waals surface area contributed by atoms with Gasteiger partial charge in [-0.3, -0.25) is 19.1 Å². The van der Waals surface area contributed by atoms with Crippen LogP contribution in [-0.2, 0) is 16.0 Å². The molecule has 0 unspecified atom stereocenters. The van der Waals surface area contributed by atoms with Gasteiger partial charge in [-0.15, -0.1) is 0 Å². The van der Waals surface area contributed by atoms with E-state index in [-0.39, 0.29) is 50.1 Å². The molecule has 0 bridgehead atoms. The van der Waals surface area contributed by atoms with E-state index >= 15 is 4.39 Å². The maximum Gasteiger partial charge on any atom is 0.330 e. The average molecular weight is 619 g/mol. The van der Waals surface area contributed by atoms with Gasteiger partial charge in [0.1, 0.15) is 12.2 Å². The molecule has 2 aromatic carbocycles. The quantitative estimate of drug-likeness (QED) is 0.390. The van der Waals surface area contributed by atoms with Crippen LogP contribution in [-0.4, -0.2) is 45.5 Å². The lowest BCUT2D eigenvalue weighted by Crippen LogP contribution is -2.41. The standard InChI is InChI=1S/C25H20Cl4FN3O6/c1-2-9-8-33(25(37)32-22(9)35)24-18(30)19(34)16(38-24)7-31-23(36)17-12-3-10(26)5-14(28)20(12)39-21-13(17)4-11(27)6-15(21)29/h3-6,8,16-19,24,34H,2,7H2,1H3,(H,31,36)(H,32,35,37)/t16-,18-,19-,24-/m1/s1. The zero-order chi connectivity index (χ0) is 28.2. The van der Waals surface area contributed by atoms with Crippen LogP contribution in [0.2, 0.25) is 20.1 Å². The largest absolute Gasteiger partial charge is 0.454 e. The second-order valence-corrected chi connectivity index (χ2v) is 10.8. The van der Waals surface area contributed by atoms with Crippen LogP contribution in [0, 0.1) is 0 Å². The van der Waals surface area contributed by atoms with Crippen LogP contribution in [0.3, 0.4) is 0 Å². The minimum atomic E-state index is -2.01. The number of benzene rings is 2. The molecule has 0 radical (unpaired) electrons. The van der Waals surface area contributed by atoms with Crippen LogP contribution in [0.15, 0.2) is 40.1 Å². The number of aryl methyl sites for hydroxylation is 1. The van der Waals surface area contributed by atoms with Crippen molar-refractivity contribution in [1.82, 2.24) is 14.9 Å². The molecule has 3 aromatic rings. The maximum atomic E-state index is 15.1. The number of aliphatic hydroxyl groups excluding tert-OH is 1. The number of aromatic nitrogens is 2. The van der Waals surface area contributed by atoms with Gasteiger partial charge in [0.05, 0.1) is 16.0 Å². The zero-order valence-corrected chi connectivity index (χ0v) is 23.0. The first kappa shape index (κ1) is 27.9. The highest BCUT2D eigenvalue weighted by atomic mass is 35.5. The van der Waals surface area contributed by atoms with Gasteiger partial charge >= 0.3 is 5.69 Å². The van der Waals surface area contributed by atoms with E-state index < -0.39 is 47.7 Å². The number of carbonyl (C=O) groups is 1. The van der Waals surface area contributed by atoms with E-state index in [2.05, 4.69) is 10.3 Å². The molecule has 3 heterocycles. The van der Waals surface area contributed by atoms with Crippen molar-refractivity contribution in [2.75, 3.05) is 6.54 Å². The summed E-state index contributed by atoms with van der Waals surface area (Å²) in [4.78, 5) is 39.9. The number of aromatic amines is 1. The van der Waals surface area contributed by atoms with E-state index in [1.54, 1.807) is 6.92 Å². The Bertz CT molecular complexity index is 1540. The van der Waals surface area contributed by atoms with Crippen molar-refractivity contribution >= 4 is 52.3 Å². The molecule has 0 spiro atoms. The third kappa shape index (κ3) is 5.05. The molecular formula is C25H20Cl4FN3O6. The van der Waals surface area contributed by atoms with Crippen LogP contribution in [0.1, 0.15) is 35.8 Å². The molecular weight excluding hydrogens is 599 g/mol. The Morgan fingerprint density at radius 1 is 1.08 bits per heavy atom. The second-order valence-electron chi connectivity index (χ2n) is 9.07. The first-order valence-electron chi connectivity index (χ1n) is 11.8. The molecule has 2 aliphatic rings. The fraction of sp³-hybridized carbons (Fsp3) is 0.320. The predicted molar refractivity (Wildman–Crippen MR) is 143 cm³/mol. The number of hydrogen-bond donors (Lipinski definition) is 3. The summed E-state index contributed by atoms with van der Waals surface area (Å²) in [7, 11) is 0. The van der Waals surface area contributed by atoms with Gasteiger partial charge in [0, 0.05) is 39.5 Å². The van der Waals surface area contributed by atoms with Crippen molar-refractivity contribution in [3.05, 3.63) is 88.1 Å². The molecule has 1 amide bonds. The summed E-state index contributed by atoms with van der Waals surface area (Å²) in [5, 5.41) is 14.0. The van der Waals surface area contributed by atoms with Gasteiger partial charge in [-0.2, -0.15) is 0 Å². The number of carbonyl (C=O) groups excluding carboxylic acids is 1. The molecule has 4 atom stereocenters. The number of amides is 1. The summed E-state index contributed by atoms with van der Waals surface area (Å²) in [5.74, 6) is -1.24. The zero-order valence-electron chi connectivity index (χ0n) is 20.0. The summed E-state index contributed by atoms with van der Waals surface area (Å²) in [6.07, 6.45) is -4.94. The molecule has 0 aliphatic carbocycles. The van der Waals surface area contributed by atoms with Gasteiger partial charge in [0.2, 0.25) is 5.91 Å². The summed E-state index contributed by atoms with van der Waals surface area (Å²) in [6.45, 7) is 1.38. The number of halogens is 5. The molecule has 3 N–H and O–H groups in total. The van der Waals surface area contributed by atoms with Gasteiger partial charge in [-0.05, 0) is 30.7 Å². The van der Waals surface area contributed by atoms with Gasteiger partial charge in [0.15, 0.2) is 23.9 Å². The molecule has 14 heteroatoms. The molecule has 2 aliphatic heterocycles. The number of nitrogens with zero attached hydrogens (tertiary/aromatic N) is 1. The first-order chi connectivity index (χ1) is 18.5. The second kappa shape index (κ2) is 10.8. The number of fused-ring (bicyclic) bond motifs is 2. The van der Waals surface area contributed by atoms with Crippen molar-refractivity contribution in [2.45, 2.75) is 43.9 Å². The lowest BCUT2D eigenvalue weighted by atomic mass is 9.87. The molecule has 1 fully saturated rings. The fourth-order valence-corrected chi connectivity index (χ4v) is 5.82. The fourth-order valence-electron chi connectivity index (χ4n) is 4.72. The molecule has 9 nitrogen and oxygen atoms in total. The molecule has 0 saturated carbocycles. The third-order valence-electron chi connectivity index (χ3n) is 6.63. The van der Waals surface area contributed by atoms with Crippen molar-refractivity contribution in [1.29, 1.82) is 0 Å². The highest BCUT2D eigenvalue weighted by Gasteiger charge is 2.46. The monoisotopic (exact) mass is 617 g/mol. The molecule has 1 aromatic heterocycles. The van der Waals surface area contributed by atoms with E-state index in [1.165, 1.54) is 30.5 Å². The SMILES string of the molecule is CCc1cn([C@@H]2O[C@H](CNC(=O)C3c4cc(Cl)cc(Cl)c4Oc4c(Cl)cc(Cl)cc43)[C@@H](O)[C@H]2F)c(=O)[nH]c1=O. The first-order valence-corrected chi connectivity index (χ1v) is 13.3. The van der Waals surface area contributed by atoms with Gasteiger partial charge in [-0.1, -0.05) is 53.3 Å². The minimum Gasteiger partial charge on any atom is -0.454 e. The molecule has 5 rings (SSSR count). The van der Waals surface area contributed by atoms with Crippen LogP contribution in [0.5, 0.6) is 11.5 Å². The molecule has 39 heavy (non-hydrogen) atoms. The van der Waals surface area contributed by atoms with E-state index in [4.69, 9.17) is 55.9 Å². The normalized spacial score (nSPS) is 22.2. The number of H-pyrrole nitrogens is 1. The number of ether oxygens (including phenoxy) is 2. The molecule has 1 saturated heterocycles. The van der Waals surface area contributed by atoms with Crippen LogP contribution in [0.25, 0.3) is 0 Å². The minimum absolute atomic E-state index is 0.155. The number of hydrogen-bond acceptors (Lipinski definition) is 6. The highest BCUT2D eigenvalue weighted by Crippen LogP contribution is 2.51. The topological polar surface area (TPSA) is 123 Å². The van der Waals surface area contributed by atoms with E-state index in [0.29, 0.717) is 11.1 Å². The smallest absolute Gasteiger partial charge is 0.330 e. The Kier molecular flexibility index (Phi) is 7.71. The van der Waals surface area contributed by atoms with Crippen molar-refractivity contribution < 1.29 is 23.8 Å². The Hall–Kier alpha value is -2.60. The number of nitrogens with one attached hydrogen (secondary N) is 2. The van der Waals surface area contributed by atoms with Crippen LogP contribution >= 0.6 is 46.4 Å². The highest BCUT2D eigenvalue weighted by molar-refractivity contribution is 6.37. The van der Waals surface area contributed by atoms with Gasteiger partial charge < -0.3 is 19.9 Å². The number of aliphatic hydroxyl groups is 1. The van der Waals surface area contributed by atoms with Gasteiger partial charge in [-0.25, -0.2) is 9.18 Å². The summed E-state index contributed by atoms with van der Waals surface area (Å²) in [5.41, 5.74) is -0.550. The van der Waals surface area contributed by atoms with E-state index in [9.17, 15) is 19.5 Å². The Morgan fingerprint density at radius 3 is 2.23 bits per heavy atom. The Labute approximate surface area is 240 Å². The predicted octanol–water partition coefficient (Wildman–Crippen LogP) is 4.36. The van der Waals surface area contributed by atoms with Crippen molar-refractivity contribution in [3.8, 4) is 11.5 Å². The van der Waals surface area contributed by atoms with Gasteiger partial charge in [0.25, 0.3) is 5.56 Å². The maximum absolute atomic E-state index is 15.1. The summed E-state index contributed by atoms with van der Waals surface area (Å²) >= 11 is 25.1. The summed E-state index contributed by atoms with van der Waals surface area (Å²) in [6, 6.07) is 5.96. The Balaban J connectivity index is 1.42. The lowest BCUT2D eigenvalue weighted by Gasteiger charge is -2.29. The lowest BCUT2D eigenvalue weighted by molar-refractivity contribution is -0.123. The third-order valence-corrected chi connectivity index (χ3v) is 7.63. The average Bonchev–Trinajstić information content (AvgIpc) is 3.15. The summed E-state index contributed by atoms with van der Waals surface area (Å²) < 4.78 is 27.5. The van der Waals surface area contributed by atoms with Crippen LogP contribution < -0.4 is 21.3 Å². The van der Waals surface area contributed by atoms with E-state index in [0.717, 1.165) is 4.57 Å². The number of alkyl halides is 1. The van der Waals surface area contributed by atoms with Crippen LogP contribution in [0.4, 0.5) is 4.39 Å². The van der Waals surface area contributed by atoms with Crippen molar-refractivity contribution in [3.63, 3.8) is 0 Å². The van der Waals surface area contributed by atoms with E-state index in [1.807, 2.05) is 0 Å². The number of rotatable bonds is 5. The Morgan fingerprint density at radius 2 is 1.67 bits per heavy atom. The molecule has 206 valence electrons. The van der Waals surface area contributed by atoms with Crippen molar-refractivity contribution in [2.24, 2.45) is 0 Å².